The summed E-state index contributed by atoms with van der Waals surface area (Å²) in [7, 11) is 0. The lowest BCUT2D eigenvalue weighted by molar-refractivity contribution is -0.132. The Balaban J connectivity index is 1.48. The van der Waals surface area contributed by atoms with Crippen LogP contribution in [0.1, 0.15) is 11.1 Å². The minimum Gasteiger partial charge on any atom is -0.340 e. The molecule has 0 bridgehead atoms. The molecular weight excluding hydrogens is 308 g/mol. The molecule has 1 fully saturated rings. The van der Waals surface area contributed by atoms with Gasteiger partial charge >= 0.3 is 0 Å². The monoisotopic (exact) mass is 328 g/mol. The fourth-order valence-electron chi connectivity index (χ4n) is 2.89. The van der Waals surface area contributed by atoms with Gasteiger partial charge in [0.15, 0.2) is 0 Å². The topological polar surface area (TPSA) is 23.6 Å². The molecule has 1 saturated heterocycles. The van der Waals surface area contributed by atoms with Crippen molar-refractivity contribution in [2.75, 3.05) is 26.2 Å². The Labute approximate surface area is 142 Å². The number of carbonyl (C=O) groups is 1. The van der Waals surface area contributed by atoms with E-state index in [1.54, 1.807) is 0 Å². The third-order valence-electron chi connectivity index (χ3n) is 4.24. The molecule has 1 aliphatic heterocycles. The fraction of sp³-hybridized carbons (Fsp3) is 0.316. The molecule has 1 aliphatic rings. The molecule has 0 aromatic heterocycles. The predicted molar refractivity (Wildman–Crippen MR) is 93.5 cm³/mol. The summed E-state index contributed by atoms with van der Waals surface area (Å²) >= 11 is 5.88. The van der Waals surface area contributed by atoms with Gasteiger partial charge in [0, 0.05) is 37.7 Å². The van der Waals surface area contributed by atoms with Crippen LogP contribution in [0.15, 0.2) is 54.6 Å². The van der Waals surface area contributed by atoms with Gasteiger partial charge in [0.05, 0.1) is 6.42 Å². The zero-order valence-electron chi connectivity index (χ0n) is 13.1. The lowest BCUT2D eigenvalue weighted by Crippen LogP contribution is -2.48. The van der Waals surface area contributed by atoms with Crippen LogP contribution in [0.25, 0.3) is 0 Å². The van der Waals surface area contributed by atoms with Crippen molar-refractivity contribution in [2.45, 2.75) is 13.0 Å². The second-order valence-corrected chi connectivity index (χ2v) is 6.38. The van der Waals surface area contributed by atoms with E-state index in [0.29, 0.717) is 11.4 Å². The second-order valence-electron chi connectivity index (χ2n) is 5.95. The molecule has 0 aliphatic carbocycles. The predicted octanol–water partition coefficient (Wildman–Crippen LogP) is 3.23. The fourth-order valence-corrected chi connectivity index (χ4v) is 3.01. The highest BCUT2D eigenvalue weighted by Gasteiger charge is 2.21. The van der Waals surface area contributed by atoms with Gasteiger partial charge in [0.25, 0.3) is 0 Å². The highest BCUT2D eigenvalue weighted by Crippen LogP contribution is 2.13. The van der Waals surface area contributed by atoms with Gasteiger partial charge < -0.3 is 4.90 Å². The Morgan fingerprint density at radius 1 is 0.870 bits per heavy atom. The molecule has 0 spiro atoms. The number of carbonyl (C=O) groups excluding carboxylic acids is 1. The Kier molecular flexibility index (Phi) is 5.31. The first-order chi connectivity index (χ1) is 11.2. The van der Waals surface area contributed by atoms with Crippen LogP contribution < -0.4 is 0 Å². The summed E-state index contributed by atoms with van der Waals surface area (Å²) < 4.78 is 0. The summed E-state index contributed by atoms with van der Waals surface area (Å²) in [4.78, 5) is 16.8. The van der Waals surface area contributed by atoms with E-state index < -0.39 is 0 Å². The summed E-state index contributed by atoms with van der Waals surface area (Å²) in [5.41, 5.74) is 2.35. The molecule has 3 nitrogen and oxygen atoms in total. The summed E-state index contributed by atoms with van der Waals surface area (Å²) in [6.07, 6.45) is 0.454. The number of benzene rings is 2. The molecule has 0 unspecified atom stereocenters. The first kappa shape index (κ1) is 16.0. The van der Waals surface area contributed by atoms with E-state index in [-0.39, 0.29) is 5.91 Å². The van der Waals surface area contributed by atoms with Crippen LogP contribution in [0.3, 0.4) is 0 Å². The van der Waals surface area contributed by atoms with E-state index in [2.05, 4.69) is 29.2 Å². The zero-order chi connectivity index (χ0) is 16.1. The smallest absolute Gasteiger partial charge is 0.227 e. The maximum absolute atomic E-state index is 12.4. The van der Waals surface area contributed by atoms with E-state index in [0.717, 1.165) is 38.3 Å². The van der Waals surface area contributed by atoms with Crippen LogP contribution in [0.5, 0.6) is 0 Å². The molecule has 2 aromatic rings. The first-order valence-corrected chi connectivity index (χ1v) is 8.37. The number of hydrogen-bond acceptors (Lipinski definition) is 2. The highest BCUT2D eigenvalue weighted by atomic mass is 35.5. The standard InChI is InChI=1S/C19H21ClN2O/c20-18-8-6-16(7-9-18)14-19(23)22-12-10-21(11-13-22)15-17-4-2-1-3-5-17/h1-9H,10-15H2. The SMILES string of the molecule is O=C(Cc1ccc(Cl)cc1)N1CCN(Cc2ccccc2)CC1. The number of amides is 1. The molecule has 0 saturated carbocycles. The molecule has 3 rings (SSSR count). The molecule has 4 heteroatoms. The average Bonchev–Trinajstić information content (AvgIpc) is 2.58. The Hall–Kier alpha value is -1.84. The van der Waals surface area contributed by atoms with Crippen LogP contribution in [0.4, 0.5) is 0 Å². The van der Waals surface area contributed by atoms with E-state index in [1.807, 2.05) is 35.2 Å². The van der Waals surface area contributed by atoms with Gasteiger partial charge in [-0.15, -0.1) is 0 Å². The summed E-state index contributed by atoms with van der Waals surface area (Å²) in [6.45, 7) is 4.43. The molecular formula is C19H21ClN2O. The van der Waals surface area contributed by atoms with Gasteiger partial charge in [0.1, 0.15) is 0 Å². The van der Waals surface area contributed by atoms with Crippen molar-refractivity contribution in [3.8, 4) is 0 Å². The van der Waals surface area contributed by atoms with Crippen LogP contribution in [0, 0.1) is 0 Å². The first-order valence-electron chi connectivity index (χ1n) is 7.99. The van der Waals surface area contributed by atoms with Gasteiger partial charge in [-0.25, -0.2) is 0 Å². The van der Waals surface area contributed by atoms with Crippen LogP contribution in [-0.2, 0) is 17.8 Å². The zero-order valence-corrected chi connectivity index (χ0v) is 13.9. The summed E-state index contributed by atoms with van der Waals surface area (Å²) in [5.74, 6) is 0.201. The van der Waals surface area contributed by atoms with Gasteiger partial charge in [-0.1, -0.05) is 54.1 Å². The van der Waals surface area contributed by atoms with Crippen molar-refractivity contribution in [1.29, 1.82) is 0 Å². The van der Waals surface area contributed by atoms with E-state index >= 15 is 0 Å². The van der Waals surface area contributed by atoms with E-state index in [1.165, 1.54) is 5.56 Å². The minimum absolute atomic E-state index is 0.201. The molecule has 1 amide bonds. The lowest BCUT2D eigenvalue weighted by Gasteiger charge is -2.34. The molecule has 120 valence electrons. The average molecular weight is 329 g/mol. The van der Waals surface area contributed by atoms with Crippen LogP contribution >= 0.6 is 11.6 Å². The quantitative estimate of drug-likeness (QED) is 0.860. The number of rotatable bonds is 4. The van der Waals surface area contributed by atoms with Crippen molar-refractivity contribution >= 4 is 17.5 Å². The van der Waals surface area contributed by atoms with Crippen molar-refractivity contribution in [1.82, 2.24) is 9.80 Å². The summed E-state index contributed by atoms with van der Waals surface area (Å²) in [6, 6.07) is 18.0. The maximum Gasteiger partial charge on any atom is 0.227 e. The Morgan fingerprint density at radius 2 is 1.52 bits per heavy atom. The van der Waals surface area contributed by atoms with Crippen molar-refractivity contribution in [3.05, 3.63) is 70.7 Å². The molecule has 23 heavy (non-hydrogen) atoms. The van der Waals surface area contributed by atoms with Crippen LogP contribution in [-0.4, -0.2) is 41.9 Å². The van der Waals surface area contributed by atoms with Crippen molar-refractivity contribution < 1.29 is 4.79 Å². The van der Waals surface area contributed by atoms with E-state index in [4.69, 9.17) is 11.6 Å². The number of hydrogen-bond donors (Lipinski definition) is 0. The molecule has 0 radical (unpaired) electrons. The molecule has 0 atom stereocenters. The van der Waals surface area contributed by atoms with Gasteiger partial charge in [-0.3, -0.25) is 9.69 Å². The number of halogens is 1. The summed E-state index contributed by atoms with van der Waals surface area (Å²) in [5, 5.41) is 0.704. The van der Waals surface area contributed by atoms with Crippen molar-refractivity contribution in [3.63, 3.8) is 0 Å². The molecule has 1 heterocycles. The lowest BCUT2D eigenvalue weighted by atomic mass is 10.1. The van der Waals surface area contributed by atoms with E-state index in [9.17, 15) is 4.79 Å². The third kappa shape index (κ3) is 4.57. The maximum atomic E-state index is 12.4. The third-order valence-corrected chi connectivity index (χ3v) is 4.49. The number of nitrogens with zero attached hydrogens (tertiary/aromatic N) is 2. The highest BCUT2D eigenvalue weighted by molar-refractivity contribution is 6.30. The van der Waals surface area contributed by atoms with Crippen molar-refractivity contribution in [2.24, 2.45) is 0 Å². The normalized spacial score (nSPS) is 15.6. The Morgan fingerprint density at radius 3 is 2.17 bits per heavy atom. The second kappa shape index (κ2) is 7.62. The minimum atomic E-state index is 0.201. The van der Waals surface area contributed by atoms with Gasteiger partial charge in [0.2, 0.25) is 5.91 Å². The number of piperazine rings is 1. The van der Waals surface area contributed by atoms with Crippen LogP contribution in [0.2, 0.25) is 5.02 Å². The largest absolute Gasteiger partial charge is 0.340 e. The Bertz CT molecular complexity index is 634. The van der Waals surface area contributed by atoms with Gasteiger partial charge in [-0.05, 0) is 23.3 Å². The molecule has 2 aromatic carbocycles. The molecule has 0 N–H and O–H groups in total. The van der Waals surface area contributed by atoms with Gasteiger partial charge in [-0.2, -0.15) is 0 Å².